The fourth-order valence-corrected chi connectivity index (χ4v) is 4.99. The van der Waals surface area contributed by atoms with E-state index in [2.05, 4.69) is 25.5 Å². The first-order valence-electron chi connectivity index (χ1n) is 9.88. The molecule has 4 heterocycles. The molecular formula is C20H19N7O4S. The van der Waals surface area contributed by atoms with Crippen LogP contribution in [0.5, 0.6) is 0 Å². The van der Waals surface area contributed by atoms with Crippen molar-refractivity contribution in [1.29, 1.82) is 0 Å². The molecule has 1 aromatic carbocycles. The number of hydrogen-bond donors (Lipinski definition) is 2. The van der Waals surface area contributed by atoms with Gasteiger partial charge in [0.15, 0.2) is 17.2 Å². The minimum atomic E-state index is -3.70. The van der Waals surface area contributed by atoms with E-state index in [1.165, 1.54) is 22.5 Å². The summed E-state index contributed by atoms with van der Waals surface area (Å²) in [6.45, 7) is 1.57. The second kappa shape index (κ2) is 8.05. The number of hydrogen-bond acceptors (Lipinski definition) is 9. The first kappa shape index (κ1) is 20.2. The van der Waals surface area contributed by atoms with Crippen LogP contribution in [0, 0.1) is 0 Å². The molecule has 0 spiro atoms. The van der Waals surface area contributed by atoms with Gasteiger partial charge in [-0.05, 0) is 42.5 Å². The predicted octanol–water partition coefficient (Wildman–Crippen LogP) is 1.56. The van der Waals surface area contributed by atoms with Crippen LogP contribution in [-0.2, 0) is 10.0 Å². The van der Waals surface area contributed by atoms with Crippen molar-refractivity contribution < 1.29 is 12.8 Å². The van der Waals surface area contributed by atoms with E-state index in [0.717, 1.165) is 5.69 Å². The van der Waals surface area contributed by atoms with E-state index in [-0.39, 0.29) is 4.90 Å². The summed E-state index contributed by atoms with van der Waals surface area (Å²) < 4.78 is 32.4. The van der Waals surface area contributed by atoms with Crippen molar-refractivity contribution in [2.45, 2.75) is 4.90 Å². The molecule has 1 fully saturated rings. The smallest absolute Gasteiger partial charge is 0.408 e. The Balaban J connectivity index is 1.25. The van der Waals surface area contributed by atoms with Crippen LogP contribution in [0.4, 0.5) is 17.3 Å². The molecule has 1 saturated heterocycles. The molecular weight excluding hydrogens is 434 g/mol. The highest BCUT2D eigenvalue weighted by atomic mass is 32.2. The lowest BCUT2D eigenvalue weighted by Gasteiger charge is -2.34. The number of rotatable bonds is 5. The number of aromatic nitrogens is 4. The van der Waals surface area contributed by atoms with Crippen LogP contribution >= 0.6 is 0 Å². The number of aromatic amines is 1. The van der Waals surface area contributed by atoms with Gasteiger partial charge in [-0.15, -0.1) is 10.2 Å². The zero-order valence-corrected chi connectivity index (χ0v) is 17.6. The monoisotopic (exact) mass is 453 g/mol. The zero-order valence-electron chi connectivity index (χ0n) is 16.8. The van der Waals surface area contributed by atoms with Crippen LogP contribution in [0.3, 0.4) is 0 Å². The molecule has 0 atom stereocenters. The maximum Gasteiger partial charge on any atom is 0.417 e. The van der Waals surface area contributed by atoms with Gasteiger partial charge in [0.2, 0.25) is 10.0 Å². The normalized spacial score (nSPS) is 15.2. The Morgan fingerprint density at radius 2 is 1.88 bits per heavy atom. The minimum Gasteiger partial charge on any atom is -0.408 e. The number of anilines is 3. The number of nitrogens with zero attached hydrogens (tertiary/aromatic N) is 5. The van der Waals surface area contributed by atoms with Crippen molar-refractivity contribution in [2.75, 3.05) is 36.4 Å². The second-order valence-corrected chi connectivity index (χ2v) is 9.15. The Kier molecular flexibility index (Phi) is 5.07. The van der Waals surface area contributed by atoms with Crippen LogP contribution in [-0.4, -0.2) is 59.1 Å². The highest BCUT2D eigenvalue weighted by Gasteiger charge is 2.29. The number of nitrogens with one attached hydrogen (secondary N) is 2. The van der Waals surface area contributed by atoms with E-state index < -0.39 is 15.8 Å². The first-order valence-corrected chi connectivity index (χ1v) is 11.3. The summed E-state index contributed by atoms with van der Waals surface area (Å²) in [5.74, 6) is 0.651. The molecule has 0 saturated carbocycles. The quantitative estimate of drug-likeness (QED) is 0.461. The molecule has 32 heavy (non-hydrogen) atoms. The van der Waals surface area contributed by atoms with E-state index in [4.69, 9.17) is 4.42 Å². The van der Waals surface area contributed by atoms with E-state index >= 15 is 0 Å². The molecule has 0 bridgehead atoms. The van der Waals surface area contributed by atoms with Gasteiger partial charge in [-0.3, -0.25) is 9.97 Å². The molecule has 5 rings (SSSR count). The topological polar surface area (TPSA) is 137 Å². The van der Waals surface area contributed by atoms with Gasteiger partial charge in [0.05, 0.1) is 22.3 Å². The lowest BCUT2D eigenvalue weighted by atomic mass is 10.3. The van der Waals surface area contributed by atoms with Gasteiger partial charge < -0.3 is 14.6 Å². The Hall–Kier alpha value is -3.77. The largest absolute Gasteiger partial charge is 0.417 e. The van der Waals surface area contributed by atoms with Gasteiger partial charge in [0, 0.05) is 32.4 Å². The van der Waals surface area contributed by atoms with E-state index in [9.17, 15) is 13.2 Å². The number of piperazine rings is 1. The molecule has 0 unspecified atom stereocenters. The lowest BCUT2D eigenvalue weighted by Crippen LogP contribution is -2.49. The summed E-state index contributed by atoms with van der Waals surface area (Å²) in [4.78, 5) is 20.0. The molecule has 0 amide bonds. The van der Waals surface area contributed by atoms with Crippen molar-refractivity contribution in [3.05, 3.63) is 65.4 Å². The van der Waals surface area contributed by atoms with Crippen molar-refractivity contribution >= 4 is 38.4 Å². The fraction of sp³-hybridized carbons (Fsp3) is 0.200. The number of oxazole rings is 1. The van der Waals surface area contributed by atoms with E-state index in [0.29, 0.717) is 48.9 Å². The summed E-state index contributed by atoms with van der Waals surface area (Å²) >= 11 is 0. The molecule has 1 aliphatic heterocycles. The average Bonchev–Trinajstić information content (AvgIpc) is 3.20. The molecule has 3 aromatic heterocycles. The molecule has 2 N–H and O–H groups in total. The van der Waals surface area contributed by atoms with E-state index in [1.807, 2.05) is 29.2 Å². The molecule has 11 nitrogen and oxygen atoms in total. The highest BCUT2D eigenvalue weighted by molar-refractivity contribution is 7.89. The van der Waals surface area contributed by atoms with Crippen molar-refractivity contribution in [3.63, 3.8) is 0 Å². The van der Waals surface area contributed by atoms with Crippen molar-refractivity contribution in [1.82, 2.24) is 24.5 Å². The third-order valence-electron chi connectivity index (χ3n) is 5.18. The van der Waals surface area contributed by atoms with Gasteiger partial charge in [-0.1, -0.05) is 0 Å². The molecule has 12 heteroatoms. The maximum atomic E-state index is 13.0. The Labute approximate surface area is 182 Å². The standard InChI is InChI=1S/C20H19N7O4S/c28-20-23-16-12-15(3-4-17(16)31-20)32(29,30)27-10-8-26(9-11-27)19-6-5-18(24-25-19)22-14-2-1-7-21-13-14/h1-7,12-13H,8-11H2,(H,22,24)(H,23,28). The zero-order chi connectivity index (χ0) is 22.1. The first-order chi connectivity index (χ1) is 15.5. The van der Waals surface area contributed by atoms with Crippen molar-refractivity contribution in [2.24, 2.45) is 0 Å². The van der Waals surface area contributed by atoms with Gasteiger partial charge in [0.25, 0.3) is 0 Å². The lowest BCUT2D eigenvalue weighted by molar-refractivity contribution is 0.383. The Morgan fingerprint density at radius 3 is 2.59 bits per heavy atom. The summed E-state index contributed by atoms with van der Waals surface area (Å²) in [5.41, 5.74) is 1.48. The number of sulfonamides is 1. The van der Waals surface area contributed by atoms with Gasteiger partial charge in [-0.25, -0.2) is 13.2 Å². The minimum absolute atomic E-state index is 0.112. The highest BCUT2D eigenvalue weighted by Crippen LogP contribution is 2.23. The number of fused-ring (bicyclic) bond motifs is 1. The van der Waals surface area contributed by atoms with Gasteiger partial charge in [-0.2, -0.15) is 4.31 Å². The van der Waals surface area contributed by atoms with Crippen LogP contribution in [0.25, 0.3) is 11.1 Å². The summed E-state index contributed by atoms with van der Waals surface area (Å²) in [7, 11) is -3.70. The van der Waals surface area contributed by atoms with Gasteiger partial charge in [0.1, 0.15) is 0 Å². The second-order valence-electron chi connectivity index (χ2n) is 7.21. The molecule has 1 aliphatic rings. The third-order valence-corrected chi connectivity index (χ3v) is 7.07. The Morgan fingerprint density at radius 1 is 1.03 bits per heavy atom. The van der Waals surface area contributed by atoms with Crippen LogP contribution in [0.2, 0.25) is 0 Å². The van der Waals surface area contributed by atoms with Crippen molar-refractivity contribution in [3.8, 4) is 0 Å². The summed E-state index contributed by atoms with van der Waals surface area (Å²) in [6.07, 6.45) is 3.38. The molecule has 0 aliphatic carbocycles. The van der Waals surface area contributed by atoms with E-state index in [1.54, 1.807) is 12.4 Å². The van der Waals surface area contributed by atoms with Crippen LogP contribution in [0.15, 0.2) is 69.0 Å². The fourth-order valence-electron chi connectivity index (χ4n) is 3.54. The SMILES string of the molecule is O=c1[nH]c2cc(S(=O)(=O)N3CCN(c4ccc(Nc5cccnc5)nn4)CC3)ccc2o1. The molecule has 164 valence electrons. The number of pyridine rings is 1. The average molecular weight is 453 g/mol. The Bertz CT molecular complexity index is 1390. The van der Waals surface area contributed by atoms with Gasteiger partial charge >= 0.3 is 5.76 Å². The summed E-state index contributed by atoms with van der Waals surface area (Å²) in [5, 5.41) is 11.6. The molecule has 0 radical (unpaired) electrons. The number of benzene rings is 1. The summed E-state index contributed by atoms with van der Waals surface area (Å²) in [6, 6.07) is 11.7. The maximum absolute atomic E-state index is 13.0. The predicted molar refractivity (Wildman–Crippen MR) is 117 cm³/mol. The number of H-pyrrole nitrogens is 1. The van der Waals surface area contributed by atoms with Crippen LogP contribution in [0.1, 0.15) is 0 Å². The van der Waals surface area contributed by atoms with Crippen LogP contribution < -0.4 is 16.0 Å². The third kappa shape index (κ3) is 3.92. The molecule has 4 aromatic rings.